The first kappa shape index (κ1) is 27.0. The smallest absolute Gasteiger partial charge is 0.138 e. The van der Waals surface area contributed by atoms with E-state index < -0.39 is 12.2 Å². The molecule has 0 aromatic heterocycles. The van der Waals surface area contributed by atoms with E-state index in [0.717, 1.165) is 11.1 Å². The highest BCUT2D eigenvalue weighted by Crippen LogP contribution is 2.33. The van der Waals surface area contributed by atoms with E-state index in [1.165, 1.54) is 0 Å². The Bertz CT molecular complexity index is 784. The van der Waals surface area contributed by atoms with Crippen LogP contribution in [0.1, 0.15) is 25.0 Å². The lowest BCUT2D eigenvalue weighted by Crippen LogP contribution is -2.52. The van der Waals surface area contributed by atoms with Gasteiger partial charge in [0.15, 0.2) is 0 Å². The number of aliphatic hydroxyl groups is 2. The summed E-state index contributed by atoms with van der Waals surface area (Å²) in [6.07, 6.45) is -1.27. The average Bonchev–Trinajstić information content (AvgIpc) is 2.69. The van der Waals surface area contributed by atoms with E-state index >= 15 is 0 Å². The Kier molecular flexibility index (Phi) is 8.87. The normalized spacial score (nSPS) is 14.6. The summed E-state index contributed by atoms with van der Waals surface area (Å²) >= 11 is 0. The first-order valence-electron chi connectivity index (χ1n) is 11.2. The third-order valence-corrected chi connectivity index (χ3v) is 5.40. The number of quaternary nitrogens is 2. The lowest BCUT2D eigenvalue weighted by Gasteiger charge is -2.27. The van der Waals surface area contributed by atoms with Gasteiger partial charge in [0.25, 0.3) is 0 Å². The maximum Gasteiger partial charge on any atom is 0.138 e. The van der Waals surface area contributed by atoms with E-state index in [9.17, 15) is 10.2 Å². The second-order valence-corrected chi connectivity index (χ2v) is 10.5. The molecular formula is C25H42N4O4+2. The Hall–Kier alpha value is -2.20. The Balaban J connectivity index is 1.96. The van der Waals surface area contributed by atoms with Crippen LogP contribution in [0, 0.1) is 0 Å². The molecule has 33 heavy (non-hydrogen) atoms. The second-order valence-electron chi connectivity index (χ2n) is 10.5. The van der Waals surface area contributed by atoms with E-state index in [2.05, 4.69) is 13.8 Å². The number of nitrogens with zero attached hydrogens (tertiary/aromatic N) is 2. The van der Waals surface area contributed by atoms with Crippen molar-refractivity contribution in [3.8, 4) is 11.5 Å². The predicted octanol–water partition coefficient (Wildman–Crippen LogP) is 1.39. The van der Waals surface area contributed by atoms with Gasteiger partial charge in [-0.05, 0) is 35.4 Å². The Morgan fingerprint density at radius 2 is 1.00 bits per heavy atom. The molecular weight excluding hydrogens is 420 g/mol. The van der Waals surface area contributed by atoms with Crippen molar-refractivity contribution >= 4 is 0 Å². The van der Waals surface area contributed by atoms with Crippen LogP contribution in [0.15, 0.2) is 48.5 Å². The highest BCUT2D eigenvalue weighted by molar-refractivity contribution is 5.41. The lowest BCUT2D eigenvalue weighted by atomic mass is 9.78. The molecule has 2 atom stereocenters. The molecule has 0 spiro atoms. The second kappa shape index (κ2) is 10.8. The maximum absolute atomic E-state index is 10.1. The zero-order valence-corrected chi connectivity index (χ0v) is 20.9. The summed E-state index contributed by atoms with van der Waals surface area (Å²) in [7, 11) is 7.29. The van der Waals surface area contributed by atoms with Crippen molar-refractivity contribution in [2.24, 2.45) is 11.7 Å². The summed E-state index contributed by atoms with van der Waals surface area (Å²) in [5, 5.41) is 20.1. The highest BCUT2D eigenvalue weighted by atomic mass is 16.5. The number of hydrogen-bond donors (Lipinski definition) is 4. The van der Waals surface area contributed by atoms with Gasteiger partial charge in [0.2, 0.25) is 0 Å². The van der Waals surface area contributed by atoms with Crippen molar-refractivity contribution in [3.05, 3.63) is 59.7 Å². The van der Waals surface area contributed by atoms with Crippen LogP contribution in [-0.2, 0) is 5.41 Å². The topological polar surface area (TPSA) is 111 Å². The van der Waals surface area contributed by atoms with Crippen molar-refractivity contribution in [1.29, 1.82) is 0 Å². The molecule has 8 nitrogen and oxygen atoms in total. The van der Waals surface area contributed by atoms with Crippen LogP contribution >= 0.6 is 0 Å². The Morgan fingerprint density at radius 3 is 1.27 bits per heavy atom. The molecule has 0 amide bonds. The number of ether oxygens (including phenoxy) is 2. The van der Waals surface area contributed by atoms with Crippen LogP contribution in [0.25, 0.3) is 0 Å². The molecule has 2 aromatic rings. The van der Waals surface area contributed by atoms with Gasteiger partial charge in [-0.3, -0.25) is 9.18 Å². The fourth-order valence-corrected chi connectivity index (χ4v) is 3.68. The van der Waals surface area contributed by atoms with Gasteiger partial charge in [-0.2, -0.15) is 11.7 Å². The maximum atomic E-state index is 10.1. The van der Waals surface area contributed by atoms with Gasteiger partial charge >= 0.3 is 0 Å². The van der Waals surface area contributed by atoms with Crippen LogP contribution in [0.5, 0.6) is 11.5 Å². The monoisotopic (exact) mass is 462 g/mol. The van der Waals surface area contributed by atoms with Gasteiger partial charge in [-0.1, -0.05) is 38.1 Å². The van der Waals surface area contributed by atoms with Crippen molar-refractivity contribution in [2.45, 2.75) is 31.5 Å². The van der Waals surface area contributed by atoms with Gasteiger partial charge in [-0.25, -0.2) is 0 Å². The van der Waals surface area contributed by atoms with Gasteiger partial charge in [0.1, 0.15) is 50.0 Å². The van der Waals surface area contributed by atoms with Crippen molar-refractivity contribution in [1.82, 2.24) is 0 Å². The summed E-state index contributed by atoms with van der Waals surface area (Å²) in [5.74, 6) is 13.2. The van der Waals surface area contributed by atoms with Gasteiger partial charge in [0, 0.05) is 5.41 Å². The standard InChI is InChI=1S/C25H42N4O4/c1-25(2,19-7-11-23(12-8-19)32-17-21(30)15-28(3,4)26)20-9-13-24(14-10-20)33-18-22(31)16-29(5,6)27/h7-14,21-22,30-31H,15-18,26-27H2,1-6H3/q+2. The number of aliphatic hydroxyl groups excluding tert-OH is 2. The van der Waals surface area contributed by atoms with Gasteiger partial charge in [0.05, 0.1) is 28.2 Å². The largest absolute Gasteiger partial charge is 0.491 e. The predicted molar refractivity (Wildman–Crippen MR) is 130 cm³/mol. The van der Waals surface area contributed by atoms with Crippen LogP contribution < -0.4 is 21.2 Å². The lowest BCUT2D eigenvalue weighted by molar-refractivity contribution is -0.905. The van der Waals surface area contributed by atoms with Crippen molar-refractivity contribution < 1.29 is 28.9 Å². The Morgan fingerprint density at radius 1 is 0.697 bits per heavy atom. The third kappa shape index (κ3) is 9.29. The van der Waals surface area contributed by atoms with Crippen LogP contribution in [0.2, 0.25) is 0 Å². The average molecular weight is 463 g/mol. The zero-order chi connectivity index (χ0) is 24.9. The molecule has 184 valence electrons. The molecule has 2 rings (SSSR count). The molecule has 0 aliphatic carbocycles. The molecule has 6 N–H and O–H groups in total. The highest BCUT2D eigenvalue weighted by Gasteiger charge is 2.24. The minimum Gasteiger partial charge on any atom is -0.491 e. The number of hydrogen-bond acceptors (Lipinski definition) is 6. The summed E-state index contributed by atoms with van der Waals surface area (Å²) in [5.41, 5.74) is 2.06. The summed E-state index contributed by atoms with van der Waals surface area (Å²) in [4.78, 5) is 0. The van der Waals surface area contributed by atoms with Crippen LogP contribution in [0.3, 0.4) is 0 Å². The first-order valence-corrected chi connectivity index (χ1v) is 11.2. The van der Waals surface area contributed by atoms with E-state index in [-0.39, 0.29) is 27.8 Å². The van der Waals surface area contributed by atoms with Crippen molar-refractivity contribution in [3.63, 3.8) is 0 Å². The number of benzene rings is 2. The minimum absolute atomic E-state index is 0.188. The van der Waals surface area contributed by atoms with Gasteiger partial charge < -0.3 is 19.7 Å². The van der Waals surface area contributed by atoms with Gasteiger partial charge in [-0.15, -0.1) is 0 Å². The molecule has 0 aliphatic rings. The van der Waals surface area contributed by atoms with E-state index in [1.807, 2.05) is 76.7 Å². The van der Waals surface area contributed by atoms with Crippen LogP contribution in [-0.4, -0.2) is 86.1 Å². The van der Waals surface area contributed by atoms with E-state index in [1.54, 1.807) is 0 Å². The van der Waals surface area contributed by atoms with E-state index in [0.29, 0.717) is 24.6 Å². The first-order chi connectivity index (χ1) is 15.2. The quantitative estimate of drug-likeness (QED) is 0.216. The summed E-state index contributed by atoms with van der Waals surface area (Å²) in [6.45, 7) is 5.53. The van der Waals surface area contributed by atoms with E-state index in [4.69, 9.17) is 21.2 Å². The fraction of sp³-hybridized carbons (Fsp3) is 0.520. The molecule has 0 aliphatic heterocycles. The minimum atomic E-state index is -0.635. The van der Waals surface area contributed by atoms with Crippen LogP contribution in [0.4, 0.5) is 0 Å². The SMILES string of the molecule is CC(C)(c1ccc(OCC(O)C[N+](C)(C)N)cc1)c1ccc(OCC(O)C[N+](C)(C)N)cc1. The zero-order valence-electron chi connectivity index (χ0n) is 20.9. The Labute approximate surface area is 198 Å². The molecule has 0 heterocycles. The molecule has 0 saturated heterocycles. The number of nitrogens with two attached hydrogens (primary N) is 2. The molecule has 2 aromatic carbocycles. The molecule has 0 bridgehead atoms. The molecule has 0 saturated carbocycles. The molecule has 8 heteroatoms. The fourth-order valence-electron chi connectivity index (χ4n) is 3.68. The van der Waals surface area contributed by atoms with Crippen molar-refractivity contribution in [2.75, 3.05) is 54.5 Å². The summed E-state index contributed by atoms with van der Waals surface area (Å²) < 4.78 is 11.8. The number of rotatable bonds is 12. The summed E-state index contributed by atoms with van der Waals surface area (Å²) in [6, 6.07) is 15.8. The third-order valence-electron chi connectivity index (χ3n) is 5.40. The molecule has 2 unspecified atom stereocenters. The molecule has 0 radical (unpaired) electrons. The molecule has 0 fully saturated rings. The number of likely N-dealkylation sites (N-methyl/N-ethyl adjacent to an activating group) is 2.